The second-order valence-corrected chi connectivity index (χ2v) is 8.05. The van der Waals surface area contributed by atoms with Gasteiger partial charge >= 0.3 is 18.1 Å². The molecule has 0 saturated carbocycles. The molecule has 15 heteroatoms. The van der Waals surface area contributed by atoms with Crippen molar-refractivity contribution >= 4 is 34.9 Å². The highest BCUT2D eigenvalue weighted by Gasteiger charge is 2.31. The average Bonchev–Trinajstić information content (AvgIpc) is 2.87. The summed E-state index contributed by atoms with van der Waals surface area (Å²) in [5.41, 5.74) is 0.654. The first-order chi connectivity index (χ1) is 18.4. The van der Waals surface area contributed by atoms with Crippen molar-refractivity contribution in [3.8, 4) is 11.5 Å². The van der Waals surface area contributed by atoms with Crippen molar-refractivity contribution in [2.75, 3.05) is 20.3 Å². The summed E-state index contributed by atoms with van der Waals surface area (Å²) in [7, 11) is 1.24. The predicted molar refractivity (Wildman–Crippen MR) is 131 cm³/mol. The lowest BCUT2D eigenvalue weighted by Gasteiger charge is -2.15. The van der Waals surface area contributed by atoms with Gasteiger partial charge in [-0.1, -0.05) is 18.5 Å². The van der Waals surface area contributed by atoms with Crippen LogP contribution in [-0.4, -0.2) is 43.3 Å². The van der Waals surface area contributed by atoms with Crippen LogP contribution in [0.1, 0.15) is 31.4 Å². The second-order valence-electron chi connectivity index (χ2n) is 7.64. The lowest BCUT2D eigenvalue weighted by atomic mass is 10.1. The molecule has 0 saturated heterocycles. The van der Waals surface area contributed by atoms with E-state index in [1.54, 1.807) is 6.92 Å². The SMILES string of the molecule is CCCOC(=O)C(C)OC(=O)CONC(=COC)c1cc(Oc2ccc(C(F)(F)F)cc2Cl)ccc1[N+](=O)[O-]. The van der Waals surface area contributed by atoms with Crippen LogP contribution in [0.4, 0.5) is 18.9 Å². The van der Waals surface area contributed by atoms with Crippen LogP contribution in [-0.2, 0) is 34.8 Å². The highest BCUT2D eigenvalue weighted by molar-refractivity contribution is 6.32. The number of nitrogens with one attached hydrogen (secondary N) is 1. The normalized spacial score (nSPS) is 12.3. The molecule has 2 rings (SSSR count). The van der Waals surface area contributed by atoms with Crippen molar-refractivity contribution < 1.29 is 51.5 Å². The van der Waals surface area contributed by atoms with E-state index in [2.05, 4.69) is 5.48 Å². The summed E-state index contributed by atoms with van der Waals surface area (Å²) in [5, 5.41) is 11.3. The molecule has 1 N–H and O–H groups in total. The molecule has 0 amide bonds. The number of methoxy groups -OCH3 is 1. The van der Waals surface area contributed by atoms with Gasteiger partial charge in [0.25, 0.3) is 5.69 Å². The maximum atomic E-state index is 12.9. The van der Waals surface area contributed by atoms with Gasteiger partial charge in [0, 0.05) is 6.07 Å². The third kappa shape index (κ3) is 9.33. The molecule has 1 unspecified atom stereocenters. The number of halogens is 4. The number of alkyl halides is 3. The summed E-state index contributed by atoms with van der Waals surface area (Å²) >= 11 is 5.93. The van der Waals surface area contributed by atoms with Gasteiger partial charge < -0.3 is 18.9 Å². The van der Waals surface area contributed by atoms with Crippen molar-refractivity contribution in [2.24, 2.45) is 0 Å². The first-order valence-electron chi connectivity index (χ1n) is 11.2. The summed E-state index contributed by atoms with van der Waals surface area (Å²) in [4.78, 5) is 39.7. The molecule has 0 aliphatic rings. The average molecular weight is 577 g/mol. The number of nitro benzene ring substituents is 1. The van der Waals surface area contributed by atoms with E-state index in [0.29, 0.717) is 12.5 Å². The summed E-state index contributed by atoms with van der Waals surface area (Å²) < 4.78 is 59.0. The number of benzene rings is 2. The van der Waals surface area contributed by atoms with Crippen LogP contribution in [0.5, 0.6) is 11.5 Å². The number of hydrogen-bond acceptors (Lipinski definition) is 10. The molecule has 0 bridgehead atoms. The number of carbonyl (C=O) groups excluding carboxylic acids is 2. The molecular formula is C24H24ClF3N2O9. The Labute approximate surface area is 225 Å². The second kappa shape index (κ2) is 14.2. The number of ether oxygens (including phenoxy) is 4. The van der Waals surface area contributed by atoms with Crippen LogP contribution in [0.25, 0.3) is 5.70 Å². The zero-order chi connectivity index (χ0) is 29.2. The fourth-order valence-corrected chi connectivity index (χ4v) is 3.09. The third-order valence-corrected chi connectivity index (χ3v) is 4.93. The summed E-state index contributed by atoms with van der Waals surface area (Å²) in [6, 6.07) is 5.91. The van der Waals surface area contributed by atoms with Crippen LogP contribution in [0.15, 0.2) is 42.7 Å². The fraction of sp³-hybridized carbons (Fsp3) is 0.333. The summed E-state index contributed by atoms with van der Waals surface area (Å²) in [6.07, 6.45) is -4.18. The maximum absolute atomic E-state index is 12.9. The molecule has 212 valence electrons. The summed E-state index contributed by atoms with van der Waals surface area (Å²) in [5.74, 6) is -1.84. The number of hydroxylamine groups is 1. The number of esters is 2. The first-order valence-corrected chi connectivity index (χ1v) is 11.5. The Morgan fingerprint density at radius 3 is 2.51 bits per heavy atom. The Bertz CT molecular complexity index is 1220. The van der Waals surface area contributed by atoms with Crippen LogP contribution in [0.2, 0.25) is 5.02 Å². The predicted octanol–water partition coefficient (Wildman–Crippen LogP) is 5.41. The minimum Gasteiger partial charge on any atom is -0.502 e. The van der Waals surface area contributed by atoms with Gasteiger partial charge in [0.2, 0.25) is 0 Å². The number of rotatable bonds is 13. The molecule has 11 nitrogen and oxygen atoms in total. The van der Waals surface area contributed by atoms with E-state index in [-0.39, 0.29) is 34.4 Å². The van der Waals surface area contributed by atoms with E-state index in [9.17, 15) is 32.9 Å². The van der Waals surface area contributed by atoms with Crippen molar-refractivity contribution in [3.05, 3.63) is 68.9 Å². The third-order valence-electron chi connectivity index (χ3n) is 4.64. The van der Waals surface area contributed by atoms with Gasteiger partial charge in [-0.2, -0.15) is 13.2 Å². The van der Waals surface area contributed by atoms with Gasteiger partial charge in [0.15, 0.2) is 12.7 Å². The van der Waals surface area contributed by atoms with Gasteiger partial charge in [-0.3, -0.25) is 20.4 Å². The van der Waals surface area contributed by atoms with Crippen LogP contribution < -0.4 is 10.2 Å². The minimum absolute atomic E-state index is 0.0279. The molecule has 0 heterocycles. The molecule has 39 heavy (non-hydrogen) atoms. The highest BCUT2D eigenvalue weighted by Crippen LogP contribution is 2.37. The van der Waals surface area contributed by atoms with Gasteiger partial charge in [-0.05, 0) is 43.7 Å². The monoisotopic (exact) mass is 576 g/mol. The molecule has 0 aromatic heterocycles. The van der Waals surface area contributed by atoms with Crippen LogP contribution in [0.3, 0.4) is 0 Å². The van der Waals surface area contributed by atoms with E-state index < -0.39 is 47.0 Å². The Kier molecular flexibility index (Phi) is 11.4. The first kappa shape index (κ1) is 31.2. The van der Waals surface area contributed by atoms with Crippen molar-refractivity contribution in [3.63, 3.8) is 0 Å². The maximum Gasteiger partial charge on any atom is 0.416 e. The Morgan fingerprint density at radius 2 is 1.92 bits per heavy atom. The highest BCUT2D eigenvalue weighted by atomic mass is 35.5. The number of carbonyl (C=O) groups is 2. The topological polar surface area (TPSA) is 135 Å². The minimum atomic E-state index is -4.61. The van der Waals surface area contributed by atoms with Gasteiger partial charge in [0.1, 0.15) is 23.5 Å². The Balaban J connectivity index is 2.19. The smallest absolute Gasteiger partial charge is 0.416 e. The Hall–Kier alpha value is -4.04. The molecule has 0 aliphatic heterocycles. The molecule has 0 radical (unpaired) electrons. The zero-order valence-corrected chi connectivity index (χ0v) is 21.6. The van der Waals surface area contributed by atoms with Crippen LogP contribution >= 0.6 is 11.6 Å². The van der Waals surface area contributed by atoms with Crippen LogP contribution in [0, 0.1) is 10.1 Å². The zero-order valence-electron chi connectivity index (χ0n) is 20.9. The number of nitrogens with zero attached hydrogens (tertiary/aromatic N) is 1. The molecule has 2 aromatic rings. The fourth-order valence-electron chi connectivity index (χ4n) is 2.87. The quantitative estimate of drug-likeness (QED) is 0.143. The lowest BCUT2D eigenvalue weighted by Crippen LogP contribution is -2.29. The standard InChI is InChI=1S/C24H24ClF3N2O9/c1-4-9-36-23(32)14(2)38-22(31)13-37-29-19(12-35-3)17-11-16(6-7-20(17)30(33)34)39-21-8-5-15(10-18(21)25)24(26,27)28/h5-8,10-12,14,29H,4,9,13H2,1-3H3. The lowest BCUT2D eigenvalue weighted by molar-refractivity contribution is -0.385. The molecule has 0 fully saturated rings. The van der Waals surface area contributed by atoms with Gasteiger partial charge in [-0.25, -0.2) is 9.59 Å². The van der Waals surface area contributed by atoms with Crippen molar-refractivity contribution in [2.45, 2.75) is 32.5 Å². The van der Waals surface area contributed by atoms with E-state index in [1.165, 1.54) is 26.2 Å². The molecule has 2 aromatic carbocycles. The van der Waals surface area contributed by atoms with E-state index in [1.807, 2.05) is 0 Å². The van der Waals surface area contributed by atoms with E-state index >= 15 is 0 Å². The molecular weight excluding hydrogens is 553 g/mol. The molecule has 0 aliphatic carbocycles. The molecule has 0 spiro atoms. The largest absolute Gasteiger partial charge is 0.502 e. The number of hydrogen-bond donors (Lipinski definition) is 1. The summed E-state index contributed by atoms with van der Waals surface area (Å²) in [6.45, 7) is 2.57. The Morgan fingerprint density at radius 1 is 1.21 bits per heavy atom. The van der Waals surface area contributed by atoms with Crippen molar-refractivity contribution in [1.29, 1.82) is 0 Å². The van der Waals surface area contributed by atoms with Crippen molar-refractivity contribution in [1.82, 2.24) is 5.48 Å². The van der Waals surface area contributed by atoms with E-state index in [0.717, 1.165) is 24.5 Å². The molecule has 1 atom stereocenters. The van der Waals surface area contributed by atoms with Gasteiger partial charge in [-0.15, -0.1) is 0 Å². The van der Waals surface area contributed by atoms with Gasteiger partial charge in [0.05, 0.1) is 34.8 Å². The van der Waals surface area contributed by atoms with E-state index in [4.69, 9.17) is 35.4 Å². The number of nitro groups is 1.